The molecule has 0 aliphatic carbocycles. The number of furan rings is 1. The molecule has 6 nitrogen and oxygen atoms in total. The van der Waals surface area contributed by atoms with E-state index in [-0.39, 0.29) is 17.0 Å². The van der Waals surface area contributed by atoms with Gasteiger partial charge < -0.3 is 21.2 Å². The van der Waals surface area contributed by atoms with Crippen LogP contribution in [0.3, 0.4) is 0 Å². The van der Waals surface area contributed by atoms with Crippen molar-refractivity contribution in [1.29, 1.82) is 0 Å². The van der Waals surface area contributed by atoms with E-state index >= 15 is 0 Å². The standard InChI is InChI=1S/C13H16N4O2S/c1-8-2-3-10(19-8)12(18)17-13(15)20-11(14)9-4-6-16-7-5-9/h2-7,11,13H,14-15H2,1H3,(H,17,18). The third kappa shape index (κ3) is 3.83. The maximum absolute atomic E-state index is 11.8. The van der Waals surface area contributed by atoms with Gasteiger partial charge in [-0.2, -0.15) is 0 Å². The van der Waals surface area contributed by atoms with Crippen molar-refractivity contribution in [2.45, 2.75) is 17.8 Å². The third-order valence-corrected chi connectivity index (χ3v) is 3.54. The number of hydrogen-bond donors (Lipinski definition) is 3. The predicted molar refractivity (Wildman–Crippen MR) is 77.6 cm³/mol. The van der Waals surface area contributed by atoms with Gasteiger partial charge in [0.1, 0.15) is 11.3 Å². The molecule has 1 amide bonds. The van der Waals surface area contributed by atoms with Gasteiger partial charge in [0.25, 0.3) is 5.91 Å². The average Bonchev–Trinajstić information content (AvgIpc) is 2.86. The Hall–Kier alpha value is -1.83. The molecule has 0 fully saturated rings. The molecule has 2 aromatic rings. The molecule has 2 unspecified atom stereocenters. The lowest BCUT2D eigenvalue weighted by atomic mass is 10.3. The fourth-order valence-electron chi connectivity index (χ4n) is 1.58. The second-order valence-corrected chi connectivity index (χ2v) is 5.43. The Balaban J connectivity index is 1.89. The number of nitrogens with one attached hydrogen (secondary N) is 1. The van der Waals surface area contributed by atoms with Crippen LogP contribution in [0.2, 0.25) is 0 Å². The molecule has 2 aromatic heterocycles. The number of carbonyl (C=O) groups is 1. The van der Waals surface area contributed by atoms with Gasteiger partial charge in [0, 0.05) is 12.4 Å². The summed E-state index contributed by atoms with van der Waals surface area (Å²) in [7, 11) is 0. The van der Waals surface area contributed by atoms with Crippen LogP contribution in [0.1, 0.15) is 27.3 Å². The summed E-state index contributed by atoms with van der Waals surface area (Å²) in [5.74, 6) is 0.543. The maximum Gasteiger partial charge on any atom is 0.288 e. The van der Waals surface area contributed by atoms with Crippen molar-refractivity contribution in [3.8, 4) is 0 Å². The lowest BCUT2D eigenvalue weighted by molar-refractivity contribution is 0.0921. The molecule has 2 atom stereocenters. The Labute approximate surface area is 120 Å². The van der Waals surface area contributed by atoms with Gasteiger partial charge in [0.15, 0.2) is 5.76 Å². The highest BCUT2D eigenvalue weighted by Crippen LogP contribution is 2.24. The summed E-state index contributed by atoms with van der Waals surface area (Å²) in [4.78, 5) is 15.8. The molecule has 20 heavy (non-hydrogen) atoms. The van der Waals surface area contributed by atoms with Crippen LogP contribution < -0.4 is 16.8 Å². The highest BCUT2D eigenvalue weighted by molar-refractivity contribution is 8.00. The molecule has 5 N–H and O–H groups in total. The van der Waals surface area contributed by atoms with Gasteiger partial charge in [-0.05, 0) is 36.8 Å². The fraction of sp³-hybridized carbons (Fsp3) is 0.231. The van der Waals surface area contributed by atoms with Crippen molar-refractivity contribution in [3.05, 3.63) is 53.7 Å². The smallest absolute Gasteiger partial charge is 0.288 e. The molecule has 2 heterocycles. The van der Waals surface area contributed by atoms with E-state index < -0.39 is 5.50 Å². The Morgan fingerprint density at radius 1 is 1.30 bits per heavy atom. The minimum Gasteiger partial charge on any atom is -0.456 e. The summed E-state index contributed by atoms with van der Waals surface area (Å²) < 4.78 is 5.22. The van der Waals surface area contributed by atoms with Crippen molar-refractivity contribution >= 4 is 17.7 Å². The number of pyridine rings is 1. The van der Waals surface area contributed by atoms with Gasteiger partial charge in [0.2, 0.25) is 0 Å². The fourth-order valence-corrected chi connectivity index (χ4v) is 2.39. The second-order valence-electron chi connectivity index (χ2n) is 4.14. The van der Waals surface area contributed by atoms with E-state index in [0.717, 1.165) is 5.56 Å². The van der Waals surface area contributed by atoms with E-state index in [9.17, 15) is 4.79 Å². The Morgan fingerprint density at radius 3 is 2.60 bits per heavy atom. The average molecular weight is 292 g/mol. The van der Waals surface area contributed by atoms with Crippen molar-refractivity contribution < 1.29 is 9.21 Å². The Kier molecular flexibility index (Phi) is 4.78. The topological polar surface area (TPSA) is 107 Å². The van der Waals surface area contributed by atoms with Crippen molar-refractivity contribution in [3.63, 3.8) is 0 Å². The van der Waals surface area contributed by atoms with Crippen LogP contribution in [0, 0.1) is 6.92 Å². The quantitative estimate of drug-likeness (QED) is 0.718. The molecule has 0 aliphatic rings. The zero-order valence-corrected chi connectivity index (χ0v) is 11.8. The summed E-state index contributed by atoms with van der Waals surface area (Å²) in [6.45, 7) is 1.77. The summed E-state index contributed by atoms with van der Waals surface area (Å²) in [6, 6.07) is 6.94. The molecule has 0 saturated heterocycles. The number of nitrogens with zero attached hydrogens (tertiary/aromatic N) is 1. The molecule has 0 aromatic carbocycles. The normalized spacial score (nSPS) is 13.8. The molecule has 0 radical (unpaired) electrons. The van der Waals surface area contributed by atoms with E-state index in [2.05, 4.69) is 10.3 Å². The number of rotatable bonds is 5. The van der Waals surface area contributed by atoms with Crippen LogP contribution in [0.5, 0.6) is 0 Å². The number of hydrogen-bond acceptors (Lipinski definition) is 6. The van der Waals surface area contributed by atoms with Gasteiger partial charge in [-0.15, -0.1) is 0 Å². The Morgan fingerprint density at radius 2 is 2.00 bits per heavy atom. The van der Waals surface area contributed by atoms with Gasteiger partial charge in [-0.3, -0.25) is 9.78 Å². The molecule has 2 rings (SSSR count). The number of aryl methyl sites for hydroxylation is 1. The Bertz CT molecular complexity index is 573. The van der Waals surface area contributed by atoms with Gasteiger partial charge in [-0.1, -0.05) is 11.8 Å². The highest BCUT2D eigenvalue weighted by atomic mass is 32.2. The zero-order chi connectivity index (χ0) is 14.5. The minimum atomic E-state index is -0.629. The lowest BCUT2D eigenvalue weighted by Gasteiger charge is -2.17. The number of amides is 1. The summed E-state index contributed by atoms with van der Waals surface area (Å²) in [5, 5.41) is 2.28. The van der Waals surface area contributed by atoms with Crippen LogP contribution in [0.25, 0.3) is 0 Å². The zero-order valence-electron chi connectivity index (χ0n) is 10.9. The van der Waals surface area contributed by atoms with E-state index in [1.807, 2.05) is 12.1 Å². The number of carbonyl (C=O) groups excluding carboxylic acids is 1. The van der Waals surface area contributed by atoms with Crippen molar-refractivity contribution in [1.82, 2.24) is 10.3 Å². The lowest BCUT2D eigenvalue weighted by Crippen LogP contribution is -2.40. The first-order valence-corrected chi connectivity index (χ1v) is 6.94. The van der Waals surface area contributed by atoms with Crippen LogP contribution >= 0.6 is 11.8 Å². The second kappa shape index (κ2) is 6.56. The maximum atomic E-state index is 11.8. The summed E-state index contributed by atoms with van der Waals surface area (Å²) in [5.41, 5.74) is 12.1. The number of aromatic nitrogens is 1. The first kappa shape index (κ1) is 14.6. The van der Waals surface area contributed by atoms with E-state index in [4.69, 9.17) is 15.9 Å². The van der Waals surface area contributed by atoms with Crippen LogP contribution in [-0.4, -0.2) is 16.4 Å². The molecule has 0 bridgehead atoms. The van der Waals surface area contributed by atoms with Crippen LogP contribution in [0.15, 0.2) is 41.1 Å². The van der Waals surface area contributed by atoms with Gasteiger partial charge in [0.05, 0.1) is 5.37 Å². The molecule has 0 aliphatic heterocycles. The minimum absolute atomic E-state index is 0.232. The predicted octanol–water partition coefficient (Wildman–Crippen LogP) is 1.35. The number of thioether (sulfide) groups is 1. The molecular weight excluding hydrogens is 276 g/mol. The first-order valence-electron chi connectivity index (χ1n) is 6.00. The van der Waals surface area contributed by atoms with E-state index in [1.54, 1.807) is 31.5 Å². The van der Waals surface area contributed by atoms with Gasteiger partial charge >= 0.3 is 0 Å². The molecule has 0 spiro atoms. The summed E-state index contributed by atoms with van der Waals surface area (Å²) in [6.07, 6.45) is 3.32. The van der Waals surface area contributed by atoms with Crippen LogP contribution in [0.4, 0.5) is 0 Å². The van der Waals surface area contributed by atoms with E-state index in [0.29, 0.717) is 5.76 Å². The first-order chi connectivity index (χ1) is 9.56. The highest BCUT2D eigenvalue weighted by Gasteiger charge is 2.16. The molecular formula is C13H16N4O2S. The monoisotopic (exact) mass is 292 g/mol. The SMILES string of the molecule is Cc1ccc(C(=O)NC(N)SC(N)c2ccncc2)o1. The largest absolute Gasteiger partial charge is 0.456 e. The molecule has 7 heteroatoms. The van der Waals surface area contributed by atoms with E-state index in [1.165, 1.54) is 11.8 Å². The number of nitrogens with two attached hydrogens (primary N) is 2. The van der Waals surface area contributed by atoms with Crippen LogP contribution in [-0.2, 0) is 0 Å². The van der Waals surface area contributed by atoms with Crippen molar-refractivity contribution in [2.24, 2.45) is 11.5 Å². The van der Waals surface area contributed by atoms with Gasteiger partial charge in [-0.25, -0.2) is 0 Å². The van der Waals surface area contributed by atoms with Crippen molar-refractivity contribution in [2.75, 3.05) is 0 Å². The molecule has 0 saturated carbocycles. The molecule has 106 valence electrons. The third-order valence-electron chi connectivity index (χ3n) is 2.57. The summed E-state index contributed by atoms with van der Waals surface area (Å²) >= 11 is 1.24.